The number of unbranched alkanes of at least 4 members (excludes halogenated alkanes) is 1. The predicted molar refractivity (Wildman–Crippen MR) is 217 cm³/mol. The summed E-state index contributed by atoms with van der Waals surface area (Å²) in [5.74, 6) is -2.59. The number of aliphatic hydroxyl groups is 1. The van der Waals surface area contributed by atoms with Gasteiger partial charge in [-0.15, -0.1) is 0 Å². The standard InChI is InChI=1S/C47H68O11/c1-13-15-19-28(6)53-38(27(5)22-26(3)4)43(50)54-33-24-46(44(10,11)51)37(29(33)7)30(8)40-45(12)34(55-36(14-2)56-40)23-35-47(25-52-35,58-31(9)48)39(45)41(46)57-42(49)32-20-17-16-18-21-32/h14,16-18,20-21,26-28,30,33-36,38-41,51H,2,13,15,19,22-25H2,1,3-12H3/t27-,28?,30-,33-,34-,35+,36-,38+,39-,40-,41-,45+,46-,47-/m0/s1. The molecule has 4 fully saturated rings. The highest BCUT2D eigenvalue weighted by Gasteiger charge is 2.80. The summed E-state index contributed by atoms with van der Waals surface area (Å²) in [6.07, 6.45) is 0.334. The average Bonchev–Trinajstić information content (AvgIpc) is 3.42. The van der Waals surface area contributed by atoms with Gasteiger partial charge in [0.05, 0.1) is 47.4 Å². The molecular weight excluding hydrogens is 741 g/mol. The summed E-state index contributed by atoms with van der Waals surface area (Å²) in [7, 11) is 0. The summed E-state index contributed by atoms with van der Waals surface area (Å²) in [6, 6.07) is 8.73. The van der Waals surface area contributed by atoms with Crippen molar-refractivity contribution >= 4 is 17.9 Å². The summed E-state index contributed by atoms with van der Waals surface area (Å²) in [4.78, 5) is 42.3. The second-order valence-electron chi connectivity index (χ2n) is 19.1. The van der Waals surface area contributed by atoms with Crippen molar-refractivity contribution in [1.29, 1.82) is 0 Å². The van der Waals surface area contributed by atoms with Gasteiger partial charge in [0.25, 0.3) is 0 Å². The Morgan fingerprint density at radius 1 is 1.07 bits per heavy atom. The topological polar surface area (TPSA) is 136 Å². The van der Waals surface area contributed by atoms with Gasteiger partial charge < -0.3 is 38.3 Å². The maximum atomic E-state index is 14.6. The first kappa shape index (κ1) is 44.5. The van der Waals surface area contributed by atoms with Gasteiger partial charge in [0.1, 0.15) is 18.3 Å². The third kappa shape index (κ3) is 7.50. The minimum absolute atomic E-state index is 0.0525. The zero-order chi connectivity index (χ0) is 42.5. The van der Waals surface area contributed by atoms with E-state index in [2.05, 4.69) is 41.2 Å². The van der Waals surface area contributed by atoms with Gasteiger partial charge in [-0.25, -0.2) is 9.59 Å². The van der Waals surface area contributed by atoms with Gasteiger partial charge in [0.2, 0.25) is 0 Å². The van der Waals surface area contributed by atoms with Crippen LogP contribution in [0.3, 0.4) is 0 Å². The fourth-order valence-electron chi connectivity index (χ4n) is 11.8. The number of carbonyl (C=O) groups is 3. The van der Waals surface area contributed by atoms with Crippen LogP contribution in [0.1, 0.15) is 125 Å². The quantitative estimate of drug-likeness (QED) is 0.105. The molecular formula is C47H68O11. The lowest BCUT2D eigenvalue weighted by molar-refractivity contribution is -0.391. The third-order valence-electron chi connectivity index (χ3n) is 14.2. The van der Waals surface area contributed by atoms with E-state index in [1.54, 1.807) is 44.2 Å². The minimum Gasteiger partial charge on any atom is -0.457 e. The molecule has 0 spiro atoms. The van der Waals surface area contributed by atoms with Crippen LogP contribution in [0.15, 0.2) is 54.1 Å². The maximum Gasteiger partial charge on any atom is 0.338 e. The summed E-state index contributed by atoms with van der Waals surface area (Å²) >= 11 is 0. The number of benzene rings is 1. The molecule has 0 amide bonds. The summed E-state index contributed by atoms with van der Waals surface area (Å²) in [5, 5.41) is 12.9. The Labute approximate surface area is 345 Å². The van der Waals surface area contributed by atoms with Gasteiger partial charge in [-0.1, -0.05) is 79.2 Å². The summed E-state index contributed by atoms with van der Waals surface area (Å²) in [5.41, 5.74) is -3.32. The van der Waals surface area contributed by atoms with Gasteiger partial charge in [-0.3, -0.25) is 4.79 Å². The number of carbonyl (C=O) groups excluding carboxylic acids is 3. The van der Waals surface area contributed by atoms with Crippen LogP contribution in [-0.4, -0.2) is 89.8 Å². The number of hydrogen-bond acceptors (Lipinski definition) is 11. The number of esters is 3. The molecule has 0 radical (unpaired) electrons. The molecule has 1 N–H and O–H groups in total. The van der Waals surface area contributed by atoms with Crippen LogP contribution in [0, 0.1) is 34.5 Å². The Morgan fingerprint density at radius 3 is 2.33 bits per heavy atom. The molecule has 11 heteroatoms. The molecule has 1 aromatic carbocycles. The number of fused-ring (bicyclic) bond motifs is 3. The minimum atomic E-state index is -1.59. The molecule has 1 unspecified atom stereocenters. The first-order valence-corrected chi connectivity index (χ1v) is 21.6. The van der Waals surface area contributed by atoms with Crippen molar-refractivity contribution < 1.29 is 52.6 Å². The van der Waals surface area contributed by atoms with Crippen molar-refractivity contribution in [3.8, 4) is 0 Å². The smallest absolute Gasteiger partial charge is 0.338 e. The molecule has 1 aromatic rings. The molecule has 2 saturated heterocycles. The fraction of sp³-hybridized carbons (Fsp3) is 0.723. The third-order valence-corrected chi connectivity index (χ3v) is 14.2. The molecule has 0 bridgehead atoms. The van der Waals surface area contributed by atoms with E-state index in [9.17, 15) is 19.5 Å². The first-order chi connectivity index (χ1) is 27.3. The second kappa shape index (κ2) is 16.8. The normalized spacial score (nSPS) is 36.9. The predicted octanol–water partition coefficient (Wildman–Crippen LogP) is 7.92. The molecule has 5 aliphatic rings. The van der Waals surface area contributed by atoms with Crippen molar-refractivity contribution in [2.24, 2.45) is 34.5 Å². The van der Waals surface area contributed by atoms with Crippen LogP contribution in [0.4, 0.5) is 0 Å². The Hall–Kier alpha value is -3.09. The summed E-state index contributed by atoms with van der Waals surface area (Å²) in [6.45, 7) is 25.4. The molecule has 3 aliphatic carbocycles. The van der Waals surface area contributed by atoms with E-state index in [4.69, 9.17) is 33.2 Å². The molecule has 6 rings (SSSR count). The van der Waals surface area contributed by atoms with Crippen molar-refractivity contribution in [2.75, 3.05) is 6.61 Å². The highest BCUT2D eigenvalue weighted by Crippen LogP contribution is 2.70. The molecule has 58 heavy (non-hydrogen) atoms. The SMILES string of the molecule is C=C[C@H]1O[C@H]2C[C@H]3OC[C@@]3(OC(C)=O)[C@H]3[C@H](OC(=O)c4ccccc4)[C@]4(C(C)(C)O)C[C@H](OC(=O)[C@H](OC(C)CCCC)[C@@H](C)CC(C)C)C(C)=C4[C@H](C)[C@H](O1)[C@]23C. The number of hydrogen-bond donors (Lipinski definition) is 1. The van der Waals surface area contributed by atoms with Crippen LogP contribution >= 0.6 is 0 Å². The van der Waals surface area contributed by atoms with E-state index >= 15 is 0 Å². The van der Waals surface area contributed by atoms with Gasteiger partial charge in [0, 0.05) is 31.1 Å². The van der Waals surface area contributed by atoms with Gasteiger partial charge in [-0.05, 0) is 81.7 Å². The van der Waals surface area contributed by atoms with Gasteiger partial charge in [-0.2, -0.15) is 0 Å². The molecule has 322 valence electrons. The molecule has 11 nitrogen and oxygen atoms in total. The number of ether oxygens (including phenoxy) is 7. The largest absolute Gasteiger partial charge is 0.457 e. The molecule has 2 aliphatic heterocycles. The lowest BCUT2D eigenvalue weighted by Gasteiger charge is -2.67. The Balaban J connectivity index is 1.55. The zero-order valence-corrected chi connectivity index (χ0v) is 36.6. The zero-order valence-electron chi connectivity index (χ0n) is 36.6. The molecule has 2 heterocycles. The van der Waals surface area contributed by atoms with Crippen molar-refractivity contribution in [3.05, 3.63) is 59.7 Å². The molecule has 2 saturated carbocycles. The van der Waals surface area contributed by atoms with E-state index < -0.39 is 94.7 Å². The van der Waals surface area contributed by atoms with E-state index in [-0.39, 0.29) is 25.0 Å². The second-order valence-corrected chi connectivity index (χ2v) is 19.1. The molecule has 0 aromatic heterocycles. The summed E-state index contributed by atoms with van der Waals surface area (Å²) < 4.78 is 46.2. The highest BCUT2D eigenvalue weighted by atomic mass is 16.7. The van der Waals surface area contributed by atoms with Crippen molar-refractivity contribution in [1.82, 2.24) is 0 Å². The van der Waals surface area contributed by atoms with Crippen LogP contribution < -0.4 is 0 Å². The average molecular weight is 809 g/mol. The molecule has 14 atom stereocenters. The Bertz CT molecular complexity index is 1720. The Kier molecular flexibility index (Phi) is 12.8. The van der Waals surface area contributed by atoms with E-state index in [1.165, 1.54) is 6.92 Å². The van der Waals surface area contributed by atoms with E-state index in [0.717, 1.165) is 36.8 Å². The maximum absolute atomic E-state index is 14.6. The monoisotopic (exact) mass is 808 g/mol. The van der Waals surface area contributed by atoms with Crippen LogP contribution in [0.5, 0.6) is 0 Å². The van der Waals surface area contributed by atoms with E-state index in [0.29, 0.717) is 17.9 Å². The van der Waals surface area contributed by atoms with Crippen LogP contribution in [0.2, 0.25) is 0 Å². The first-order valence-electron chi connectivity index (χ1n) is 21.6. The highest BCUT2D eigenvalue weighted by molar-refractivity contribution is 5.89. The van der Waals surface area contributed by atoms with Crippen LogP contribution in [-0.2, 0) is 42.7 Å². The lowest BCUT2D eigenvalue weighted by atomic mass is 9.49. The van der Waals surface area contributed by atoms with Crippen molar-refractivity contribution in [2.45, 2.75) is 175 Å². The van der Waals surface area contributed by atoms with Gasteiger partial charge >= 0.3 is 17.9 Å². The van der Waals surface area contributed by atoms with Crippen molar-refractivity contribution in [3.63, 3.8) is 0 Å². The van der Waals surface area contributed by atoms with Crippen LogP contribution in [0.25, 0.3) is 0 Å². The Morgan fingerprint density at radius 2 is 1.76 bits per heavy atom. The fourth-order valence-corrected chi connectivity index (χ4v) is 11.8. The van der Waals surface area contributed by atoms with E-state index in [1.807, 2.05) is 26.8 Å². The van der Waals surface area contributed by atoms with Gasteiger partial charge in [0.15, 0.2) is 18.0 Å². The number of rotatable bonds is 15. The lowest BCUT2D eigenvalue weighted by Crippen LogP contribution is -2.80.